The summed E-state index contributed by atoms with van der Waals surface area (Å²) in [7, 11) is 1.22. The van der Waals surface area contributed by atoms with Gasteiger partial charge in [-0.1, -0.05) is 19.3 Å². The number of benzene rings is 1. The SMILES string of the molecule is COc1c(C2(C(=O)O)CCCCC2)cc(Br)c(F)c1F. The third kappa shape index (κ3) is 2.30. The van der Waals surface area contributed by atoms with Crippen LogP contribution in [0.2, 0.25) is 0 Å². The summed E-state index contributed by atoms with van der Waals surface area (Å²) in [5.74, 6) is -3.55. The molecule has 0 heterocycles. The summed E-state index contributed by atoms with van der Waals surface area (Å²) in [6.45, 7) is 0. The maximum Gasteiger partial charge on any atom is 0.314 e. The number of hydrogen-bond acceptors (Lipinski definition) is 2. The van der Waals surface area contributed by atoms with Crippen molar-refractivity contribution in [2.75, 3.05) is 7.11 Å². The van der Waals surface area contributed by atoms with Crippen LogP contribution < -0.4 is 4.74 Å². The minimum Gasteiger partial charge on any atom is -0.493 e. The molecule has 6 heteroatoms. The molecule has 3 nitrogen and oxygen atoms in total. The van der Waals surface area contributed by atoms with E-state index in [1.54, 1.807) is 0 Å². The van der Waals surface area contributed by atoms with Crippen LogP contribution in [0.1, 0.15) is 37.7 Å². The lowest BCUT2D eigenvalue weighted by Crippen LogP contribution is -2.38. The lowest BCUT2D eigenvalue weighted by Gasteiger charge is -2.34. The summed E-state index contributed by atoms with van der Waals surface area (Å²) in [6.07, 6.45) is 3.23. The summed E-state index contributed by atoms with van der Waals surface area (Å²) < 4.78 is 32.4. The van der Waals surface area contributed by atoms with E-state index in [1.165, 1.54) is 13.2 Å². The van der Waals surface area contributed by atoms with Gasteiger partial charge in [-0.2, -0.15) is 4.39 Å². The van der Waals surface area contributed by atoms with Gasteiger partial charge < -0.3 is 9.84 Å². The molecule has 1 aromatic rings. The van der Waals surface area contributed by atoms with Crippen LogP contribution in [0.15, 0.2) is 10.5 Å². The Hall–Kier alpha value is -1.17. The average Bonchev–Trinajstić information content (AvgIpc) is 2.45. The Kier molecular flexibility index (Phi) is 4.32. The highest BCUT2D eigenvalue weighted by Gasteiger charge is 2.44. The average molecular weight is 349 g/mol. The van der Waals surface area contributed by atoms with Crippen molar-refractivity contribution in [2.24, 2.45) is 0 Å². The van der Waals surface area contributed by atoms with Crippen molar-refractivity contribution in [1.29, 1.82) is 0 Å². The van der Waals surface area contributed by atoms with Crippen LogP contribution in [0.4, 0.5) is 8.78 Å². The third-order valence-corrected chi connectivity index (χ3v) is 4.53. The van der Waals surface area contributed by atoms with E-state index in [0.717, 1.165) is 19.3 Å². The van der Waals surface area contributed by atoms with Gasteiger partial charge >= 0.3 is 5.97 Å². The van der Waals surface area contributed by atoms with E-state index in [2.05, 4.69) is 15.9 Å². The maximum absolute atomic E-state index is 14.0. The molecule has 1 fully saturated rings. The number of halogens is 3. The molecule has 0 unspecified atom stereocenters. The van der Waals surface area contributed by atoms with Crippen LogP contribution in [-0.2, 0) is 10.2 Å². The largest absolute Gasteiger partial charge is 0.493 e. The van der Waals surface area contributed by atoms with Crippen LogP contribution >= 0.6 is 15.9 Å². The lowest BCUT2D eigenvalue weighted by atomic mass is 9.69. The van der Waals surface area contributed by atoms with Gasteiger partial charge in [0.1, 0.15) is 0 Å². The van der Waals surface area contributed by atoms with Gasteiger partial charge in [-0.05, 0) is 34.8 Å². The first-order valence-corrected chi connectivity index (χ1v) is 7.18. The summed E-state index contributed by atoms with van der Waals surface area (Å²) >= 11 is 2.94. The quantitative estimate of drug-likeness (QED) is 0.839. The molecule has 0 aliphatic heterocycles. The summed E-state index contributed by atoms with van der Waals surface area (Å²) in [6, 6.07) is 1.33. The molecule has 110 valence electrons. The monoisotopic (exact) mass is 348 g/mol. The Morgan fingerprint density at radius 2 is 1.90 bits per heavy atom. The van der Waals surface area contributed by atoms with E-state index in [-0.39, 0.29) is 15.8 Å². The molecule has 1 aliphatic carbocycles. The fourth-order valence-corrected chi connectivity index (χ4v) is 3.29. The second-order valence-electron chi connectivity index (χ2n) is 5.02. The molecule has 1 saturated carbocycles. The lowest BCUT2D eigenvalue weighted by molar-refractivity contribution is -0.145. The number of ether oxygens (including phenoxy) is 1. The molecule has 0 saturated heterocycles. The van der Waals surface area contributed by atoms with Gasteiger partial charge in [-0.3, -0.25) is 4.79 Å². The molecular formula is C14H15BrF2O3. The molecular weight excluding hydrogens is 334 g/mol. The van der Waals surface area contributed by atoms with Gasteiger partial charge in [0.25, 0.3) is 0 Å². The van der Waals surface area contributed by atoms with E-state index in [1.807, 2.05) is 0 Å². The molecule has 1 aromatic carbocycles. The fourth-order valence-electron chi connectivity index (χ4n) is 2.89. The third-order valence-electron chi connectivity index (χ3n) is 3.95. The summed E-state index contributed by atoms with van der Waals surface area (Å²) in [5, 5.41) is 9.63. The van der Waals surface area contributed by atoms with Crippen molar-refractivity contribution in [3.05, 3.63) is 27.7 Å². The Morgan fingerprint density at radius 1 is 1.30 bits per heavy atom. The zero-order valence-corrected chi connectivity index (χ0v) is 12.6. The van der Waals surface area contributed by atoms with Gasteiger partial charge in [0.05, 0.1) is 17.0 Å². The van der Waals surface area contributed by atoms with Gasteiger partial charge in [0, 0.05) is 5.56 Å². The number of carboxylic acid groups (broad SMARTS) is 1. The zero-order chi connectivity index (χ0) is 14.9. The van der Waals surface area contributed by atoms with Gasteiger partial charge in [0.2, 0.25) is 5.82 Å². The zero-order valence-electron chi connectivity index (χ0n) is 11.0. The Balaban J connectivity index is 2.68. The second kappa shape index (κ2) is 5.68. The minimum atomic E-state index is -1.21. The van der Waals surface area contributed by atoms with Crippen molar-refractivity contribution in [1.82, 2.24) is 0 Å². The number of carboxylic acids is 1. The first-order valence-electron chi connectivity index (χ1n) is 6.39. The number of carbonyl (C=O) groups is 1. The first kappa shape index (κ1) is 15.2. The predicted molar refractivity (Wildman–Crippen MR) is 73.0 cm³/mol. The van der Waals surface area contributed by atoms with Crippen molar-refractivity contribution < 1.29 is 23.4 Å². The van der Waals surface area contributed by atoms with Gasteiger partial charge in [-0.25, -0.2) is 4.39 Å². The normalized spacial score (nSPS) is 17.8. The number of hydrogen-bond donors (Lipinski definition) is 1. The summed E-state index contributed by atoms with van der Waals surface area (Å²) in [4.78, 5) is 11.8. The number of aliphatic carboxylic acids is 1. The number of methoxy groups -OCH3 is 1. The maximum atomic E-state index is 14.0. The van der Waals surface area contributed by atoms with Crippen LogP contribution in [-0.4, -0.2) is 18.2 Å². The molecule has 1 N–H and O–H groups in total. The molecule has 2 rings (SSSR count). The first-order chi connectivity index (χ1) is 9.44. The van der Waals surface area contributed by atoms with Crippen LogP contribution in [0.3, 0.4) is 0 Å². The molecule has 1 aliphatic rings. The van der Waals surface area contributed by atoms with E-state index in [4.69, 9.17) is 4.74 Å². The molecule has 0 atom stereocenters. The molecule has 0 spiro atoms. The highest BCUT2D eigenvalue weighted by Crippen LogP contribution is 2.46. The van der Waals surface area contributed by atoms with Crippen molar-refractivity contribution in [3.8, 4) is 5.75 Å². The second-order valence-corrected chi connectivity index (χ2v) is 5.87. The van der Waals surface area contributed by atoms with Crippen molar-refractivity contribution in [3.63, 3.8) is 0 Å². The number of rotatable bonds is 3. The standard InChI is InChI=1S/C14H15BrF2O3/c1-20-12-8(7-9(15)10(16)11(12)17)14(13(18)19)5-3-2-4-6-14/h7H,2-6H2,1H3,(H,18,19). The topological polar surface area (TPSA) is 46.5 Å². The molecule has 0 amide bonds. The van der Waals surface area contributed by atoms with Crippen LogP contribution in [0.5, 0.6) is 5.75 Å². The van der Waals surface area contributed by atoms with Crippen molar-refractivity contribution in [2.45, 2.75) is 37.5 Å². The van der Waals surface area contributed by atoms with Gasteiger partial charge in [-0.15, -0.1) is 0 Å². The molecule has 0 aromatic heterocycles. The molecule has 20 heavy (non-hydrogen) atoms. The minimum absolute atomic E-state index is 0.0861. The van der Waals surface area contributed by atoms with E-state index < -0.39 is 23.0 Å². The summed E-state index contributed by atoms with van der Waals surface area (Å²) in [5.41, 5.74) is -1.00. The molecule has 0 bridgehead atoms. The van der Waals surface area contributed by atoms with Crippen LogP contribution in [0.25, 0.3) is 0 Å². The molecule has 0 radical (unpaired) electrons. The van der Waals surface area contributed by atoms with Gasteiger partial charge in [0.15, 0.2) is 11.6 Å². The van der Waals surface area contributed by atoms with Crippen LogP contribution in [0, 0.1) is 11.6 Å². The van der Waals surface area contributed by atoms with E-state index in [0.29, 0.717) is 12.8 Å². The Bertz CT molecular complexity index is 540. The highest BCUT2D eigenvalue weighted by atomic mass is 79.9. The smallest absolute Gasteiger partial charge is 0.314 e. The Morgan fingerprint density at radius 3 is 2.40 bits per heavy atom. The fraction of sp³-hybridized carbons (Fsp3) is 0.500. The van der Waals surface area contributed by atoms with E-state index >= 15 is 0 Å². The Labute approximate surface area is 124 Å². The van der Waals surface area contributed by atoms with E-state index in [9.17, 15) is 18.7 Å². The highest BCUT2D eigenvalue weighted by molar-refractivity contribution is 9.10. The predicted octanol–water partition coefficient (Wildman–Crippen LogP) is 4.02. The van der Waals surface area contributed by atoms with Crippen molar-refractivity contribution >= 4 is 21.9 Å².